The fourth-order valence-electron chi connectivity index (χ4n) is 4.67. The summed E-state index contributed by atoms with van der Waals surface area (Å²) in [5.41, 5.74) is 3.75. The minimum atomic E-state index is -0.146. The summed E-state index contributed by atoms with van der Waals surface area (Å²) in [6.07, 6.45) is 4.28. The molecule has 0 saturated carbocycles. The van der Waals surface area contributed by atoms with Gasteiger partial charge in [0.1, 0.15) is 6.29 Å². The first-order valence-electron chi connectivity index (χ1n) is 10.9. The number of rotatable bonds is 9. The molecule has 1 saturated heterocycles. The first-order valence-corrected chi connectivity index (χ1v) is 12.3. The summed E-state index contributed by atoms with van der Waals surface area (Å²) in [6.45, 7) is 0.744. The molecule has 4 rings (SSSR count). The highest BCUT2D eigenvalue weighted by molar-refractivity contribution is 7.98. The van der Waals surface area contributed by atoms with E-state index in [9.17, 15) is 4.79 Å². The maximum atomic E-state index is 12.3. The van der Waals surface area contributed by atoms with Crippen LogP contribution in [0.2, 0.25) is 0 Å². The van der Waals surface area contributed by atoms with Gasteiger partial charge in [0.2, 0.25) is 0 Å². The summed E-state index contributed by atoms with van der Waals surface area (Å²) in [6, 6.07) is 31.8. The molecule has 3 aromatic carbocycles. The van der Waals surface area contributed by atoms with Crippen LogP contribution in [0.15, 0.2) is 91.0 Å². The van der Waals surface area contributed by atoms with Crippen molar-refractivity contribution in [2.24, 2.45) is 0 Å². The van der Waals surface area contributed by atoms with Crippen molar-refractivity contribution in [3.05, 3.63) is 108 Å². The molecule has 160 valence electrons. The lowest BCUT2D eigenvalue weighted by Crippen LogP contribution is -2.43. The Morgan fingerprint density at radius 2 is 1.45 bits per heavy atom. The van der Waals surface area contributed by atoms with E-state index in [1.807, 2.05) is 17.8 Å². The molecule has 1 fully saturated rings. The molecule has 0 spiro atoms. The number of nitrogens with one attached hydrogen (secondary N) is 1. The van der Waals surface area contributed by atoms with E-state index in [0.717, 1.165) is 25.0 Å². The predicted molar refractivity (Wildman–Crippen MR) is 130 cm³/mol. The molecule has 1 heterocycles. The summed E-state index contributed by atoms with van der Waals surface area (Å²) < 4.78 is 0. The highest BCUT2D eigenvalue weighted by atomic mass is 32.2. The van der Waals surface area contributed by atoms with Gasteiger partial charge in [0, 0.05) is 18.5 Å². The maximum Gasteiger partial charge on any atom is 0.138 e. The molecular weight excluding hydrogens is 400 g/mol. The molecule has 0 aliphatic carbocycles. The maximum absolute atomic E-state index is 12.3. The smallest absolute Gasteiger partial charge is 0.138 e. The highest BCUT2D eigenvalue weighted by Crippen LogP contribution is 2.35. The minimum Gasteiger partial charge on any atom is -0.302 e. The van der Waals surface area contributed by atoms with Gasteiger partial charge in [0.15, 0.2) is 0 Å². The number of aldehydes is 1. The van der Waals surface area contributed by atoms with E-state index < -0.39 is 0 Å². The fourth-order valence-corrected chi connectivity index (χ4v) is 5.16. The Morgan fingerprint density at radius 1 is 0.903 bits per heavy atom. The van der Waals surface area contributed by atoms with Gasteiger partial charge in [-0.25, -0.2) is 0 Å². The predicted octanol–water partition coefficient (Wildman–Crippen LogP) is 4.94. The van der Waals surface area contributed by atoms with Gasteiger partial charge < -0.3 is 4.79 Å². The monoisotopic (exact) mass is 430 g/mol. The average molecular weight is 431 g/mol. The molecule has 3 unspecified atom stereocenters. The number of thioether (sulfide) groups is 1. The molecule has 1 N–H and O–H groups in total. The van der Waals surface area contributed by atoms with Crippen LogP contribution in [0.4, 0.5) is 0 Å². The van der Waals surface area contributed by atoms with Crippen LogP contribution in [-0.4, -0.2) is 41.4 Å². The second-order valence-electron chi connectivity index (χ2n) is 8.08. The van der Waals surface area contributed by atoms with E-state index in [0.29, 0.717) is 0 Å². The van der Waals surface area contributed by atoms with Gasteiger partial charge in [0.05, 0.1) is 12.2 Å². The number of carbonyl (C=O) groups is 1. The number of benzene rings is 3. The molecule has 31 heavy (non-hydrogen) atoms. The van der Waals surface area contributed by atoms with Crippen molar-refractivity contribution in [3.63, 3.8) is 0 Å². The molecule has 0 bridgehead atoms. The second-order valence-corrected chi connectivity index (χ2v) is 9.07. The fraction of sp³-hybridized carbons (Fsp3) is 0.296. The summed E-state index contributed by atoms with van der Waals surface area (Å²) in [5.74, 6) is 1.17. The van der Waals surface area contributed by atoms with Gasteiger partial charge in [0.25, 0.3) is 0 Å². The van der Waals surface area contributed by atoms with Crippen molar-refractivity contribution < 1.29 is 4.79 Å². The van der Waals surface area contributed by atoms with E-state index in [-0.39, 0.29) is 24.2 Å². The standard InChI is InChI=1S/C27H30N2OS/c1-31-18-17-24-25(20-30)29(19-21-11-5-2-6-12-21)27(28-24)26(22-13-7-3-8-14-22)23-15-9-4-10-16-23/h2-16,20,24-28H,17-19H2,1H3. The SMILES string of the molecule is CSCCC1NC(C(c2ccccc2)c2ccccc2)N(Cc2ccccc2)C1C=O. The Labute approximate surface area is 189 Å². The van der Waals surface area contributed by atoms with Crippen LogP contribution in [0.5, 0.6) is 0 Å². The van der Waals surface area contributed by atoms with Gasteiger partial charge in [-0.15, -0.1) is 0 Å². The number of hydrogen-bond donors (Lipinski definition) is 1. The third-order valence-electron chi connectivity index (χ3n) is 6.15. The molecule has 0 amide bonds. The number of hydrogen-bond acceptors (Lipinski definition) is 4. The average Bonchev–Trinajstić information content (AvgIpc) is 3.16. The molecular formula is C27H30N2OS. The van der Waals surface area contributed by atoms with Crippen molar-refractivity contribution in [1.82, 2.24) is 10.2 Å². The number of carbonyl (C=O) groups excluding carboxylic acids is 1. The Bertz CT molecular complexity index is 896. The van der Waals surface area contributed by atoms with Crippen LogP contribution in [-0.2, 0) is 11.3 Å². The van der Waals surface area contributed by atoms with E-state index in [2.05, 4.69) is 101 Å². The molecule has 4 heteroatoms. The largest absolute Gasteiger partial charge is 0.302 e. The van der Waals surface area contributed by atoms with E-state index >= 15 is 0 Å². The normalized spacial score (nSPS) is 21.4. The zero-order chi connectivity index (χ0) is 21.5. The van der Waals surface area contributed by atoms with Crippen LogP contribution in [0, 0.1) is 0 Å². The van der Waals surface area contributed by atoms with Crippen molar-refractivity contribution in [1.29, 1.82) is 0 Å². The molecule has 3 aromatic rings. The zero-order valence-corrected chi connectivity index (χ0v) is 18.7. The minimum absolute atomic E-state index is 0.0343. The zero-order valence-electron chi connectivity index (χ0n) is 17.9. The van der Waals surface area contributed by atoms with E-state index in [4.69, 9.17) is 0 Å². The lowest BCUT2D eigenvalue weighted by molar-refractivity contribution is -0.112. The van der Waals surface area contributed by atoms with Crippen LogP contribution in [0.3, 0.4) is 0 Å². The first kappa shape index (κ1) is 21.8. The first-order chi connectivity index (χ1) is 15.3. The highest BCUT2D eigenvalue weighted by Gasteiger charge is 2.44. The van der Waals surface area contributed by atoms with Crippen LogP contribution >= 0.6 is 11.8 Å². The second kappa shape index (κ2) is 10.8. The summed E-state index contributed by atoms with van der Waals surface area (Å²) in [7, 11) is 0. The van der Waals surface area contributed by atoms with Gasteiger partial charge in [-0.1, -0.05) is 91.0 Å². The van der Waals surface area contributed by atoms with Crippen molar-refractivity contribution in [2.45, 2.75) is 37.1 Å². The van der Waals surface area contributed by atoms with Crippen LogP contribution < -0.4 is 5.32 Å². The Kier molecular flexibility index (Phi) is 7.57. The third kappa shape index (κ3) is 5.09. The topological polar surface area (TPSA) is 32.3 Å². The lowest BCUT2D eigenvalue weighted by Gasteiger charge is -2.33. The van der Waals surface area contributed by atoms with Gasteiger partial charge >= 0.3 is 0 Å². The lowest BCUT2D eigenvalue weighted by atomic mass is 9.88. The molecule has 0 aromatic heterocycles. The molecule has 3 atom stereocenters. The van der Waals surface area contributed by atoms with Crippen molar-refractivity contribution >= 4 is 18.0 Å². The molecule has 1 aliphatic rings. The van der Waals surface area contributed by atoms with Crippen LogP contribution in [0.1, 0.15) is 29.0 Å². The number of nitrogens with zero attached hydrogens (tertiary/aromatic N) is 1. The quantitative estimate of drug-likeness (QED) is 0.488. The van der Waals surface area contributed by atoms with Gasteiger partial charge in [-0.2, -0.15) is 11.8 Å². The summed E-state index contributed by atoms with van der Waals surface area (Å²) >= 11 is 1.83. The van der Waals surface area contributed by atoms with Crippen molar-refractivity contribution in [2.75, 3.05) is 12.0 Å². The van der Waals surface area contributed by atoms with E-state index in [1.54, 1.807) is 0 Å². The molecule has 0 radical (unpaired) electrons. The van der Waals surface area contributed by atoms with E-state index in [1.165, 1.54) is 16.7 Å². The Balaban J connectivity index is 1.75. The van der Waals surface area contributed by atoms with Crippen LogP contribution in [0.25, 0.3) is 0 Å². The van der Waals surface area contributed by atoms with Crippen molar-refractivity contribution in [3.8, 4) is 0 Å². The molecule has 1 aliphatic heterocycles. The van der Waals surface area contributed by atoms with Gasteiger partial charge in [-0.05, 0) is 35.1 Å². The Hall–Kier alpha value is -2.40. The summed E-state index contributed by atoms with van der Waals surface area (Å²) in [5, 5.41) is 3.88. The summed E-state index contributed by atoms with van der Waals surface area (Å²) in [4.78, 5) is 14.7. The Morgan fingerprint density at radius 3 is 1.97 bits per heavy atom. The third-order valence-corrected chi connectivity index (χ3v) is 6.79. The molecule has 3 nitrogen and oxygen atoms in total. The van der Waals surface area contributed by atoms with Gasteiger partial charge in [-0.3, -0.25) is 10.2 Å².